The van der Waals surface area contributed by atoms with E-state index in [1.165, 1.54) is 0 Å². The number of alkyl halides is 3. The minimum Gasteiger partial charge on any atom is -0.454 e. The van der Waals surface area contributed by atoms with Crippen LogP contribution in [0.4, 0.5) is 18.9 Å². The van der Waals surface area contributed by atoms with Crippen molar-refractivity contribution in [3.8, 4) is 0 Å². The lowest BCUT2D eigenvalue weighted by Crippen LogP contribution is -2.23. The van der Waals surface area contributed by atoms with Crippen LogP contribution in [0.25, 0.3) is 0 Å². The van der Waals surface area contributed by atoms with Crippen LogP contribution in [0.1, 0.15) is 11.3 Å². The summed E-state index contributed by atoms with van der Waals surface area (Å²) in [5, 5.41) is 5.79. The van der Waals surface area contributed by atoms with Gasteiger partial charge in [-0.25, -0.2) is 0 Å². The average molecular weight is 420 g/mol. The average Bonchev–Trinajstić information content (AvgIpc) is 2.97. The highest BCUT2D eigenvalue weighted by Gasteiger charge is 2.33. The zero-order chi connectivity index (χ0) is 18.6. The smallest absolute Gasteiger partial charge is 0.435 e. The predicted octanol–water partition coefficient (Wildman–Crippen LogP) is 3.15. The van der Waals surface area contributed by atoms with Crippen LogP contribution in [0.15, 0.2) is 34.9 Å². The minimum absolute atomic E-state index is 0.527. The summed E-state index contributed by atoms with van der Waals surface area (Å²) < 4.78 is 43.6. The van der Waals surface area contributed by atoms with Gasteiger partial charge in [0.05, 0.1) is 0 Å². The van der Waals surface area contributed by atoms with Gasteiger partial charge in [-0.2, -0.15) is 18.3 Å². The van der Waals surface area contributed by atoms with Crippen LogP contribution < -0.4 is 5.32 Å². The summed E-state index contributed by atoms with van der Waals surface area (Å²) in [4.78, 5) is 23.4. The number of aromatic nitrogens is 2. The van der Waals surface area contributed by atoms with Gasteiger partial charge in [0.25, 0.3) is 5.91 Å². The fourth-order valence-electron chi connectivity index (χ4n) is 1.88. The quantitative estimate of drug-likeness (QED) is 0.755. The summed E-state index contributed by atoms with van der Waals surface area (Å²) in [7, 11) is 0. The standard InChI is InChI=1S/C15H13BrF3N3O3/c1-9-6-10(16)2-3-11(9)20-13(23)8-25-14(24)7-22-5-4-12(21-22)15(17,18)19/h2-6H,7-8H2,1H3,(H,20,23). The van der Waals surface area contributed by atoms with Crippen molar-refractivity contribution in [2.45, 2.75) is 19.6 Å². The molecule has 1 heterocycles. The number of anilines is 1. The van der Waals surface area contributed by atoms with Crippen molar-refractivity contribution >= 4 is 33.5 Å². The van der Waals surface area contributed by atoms with E-state index in [1.54, 1.807) is 25.1 Å². The number of halogens is 4. The molecule has 2 rings (SSSR count). The second kappa shape index (κ2) is 7.68. The van der Waals surface area contributed by atoms with Gasteiger partial charge in [-0.1, -0.05) is 15.9 Å². The van der Waals surface area contributed by atoms with Gasteiger partial charge in [-0.3, -0.25) is 14.3 Å². The Morgan fingerprint density at radius 2 is 2.04 bits per heavy atom. The molecule has 10 heteroatoms. The lowest BCUT2D eigenvalue weighted by molar-refractivity contribution is -0.148. The van der Waals surface area contributed by atoms with E-state index in [4.69, 9.17) is 4.74 Å². The number of benzene rings is 1. The highest BCUT2D eigenvalue weighted by Crippen LogP contribution is 2.27. The van der Waals surface area contributed by atoms with Crippen molar-refractivity contribution in [3.05, 3.63) is 46.2 Å². The van der Waals surface area contributed by atoms with Crippen molar-refractivity contribution < 1.29 is 27.5 Å². The Bertz CT molecular complexity index is 790. The number of esters is 1. The largest absolute Gasteiger partial charge is 0.454 e. The van der Waals surface area contributed by atoms with Crippen LogP contribution in [0.5, 0.6) is 0 Å². The van der Waals surface area contributed by atoms with E-state index in [9.17, 15) is 22.8 Å². The van der Waals surface area contributed by atoms with Gasteiger partial charge in [-0.05, 0) is 36.8 Å². The van der Waals surface area contributed by atoms with Crippen LogP contribution in [0, 0.1) is 6.92 Å². The number of nitrogens with zero attached hydrogens (tertiary/aromatic N) is 2. The molecule has 1 N–H and O–H groups in total. The lowest BCUT2D eigenvalue weighted by atomic mass is 10.2. The maximum Gasteiger partial charge on any atom is 0.435 e. The van der Waals surface area contributed by atoms with Crippen LogP contribution in [0.3, 0.4) is 0 Å². The normalized spacial score (nSPS) is 11.2. The van der Waals surface area contributed by atoms with Crippen molar-refractivity contribution in [2.75, 3.05) is 11.9 Å². The minimum atomic E-state index is -4.59. The lowest BCUT2D eigenvalue weighted by Gasteiger charge is -2.09. The van der Waals surface area contributed by atoms with E-state index in [-0.39, 0.29) is 0 Å². The Morgan fingerprint density at radius 3 is 2.64 bits per heavy atom. The summed E-state index contributed by atoms with van der Waals surface area (Å²) in [5.41, 5.74) is 0.264. The molecule has 0 aliphatic rings. The third kappa shape index (κ3) is 5.59. The fraction of sp³-hybridized carbons (Fsp3) is 0.267. The number of rotatable bonds is 5. The molecule has 1 aromatic heterocycles. The number of ether oxygens (including phenoxy) is 1. The first-order valence-electron chi connectivity index (χ1n) is 6.97. The summed E-state index contributed by atoms with van der Waals surface area (Å²) in [6, 6.07) is 5.97. The number of hydrogen-bond donors (Lipinski definition) is 1. The molecule has 0 unspecified atom stereocenters. The topological polar surface area (TPSA) is 73.2 Å². The Labute approximate surface area is 149 Å². The van der Waals surface area contributed by atoms with Gasteiger partial charge in [0.1, 0.15) is 6.54 Å². The molecule has 1 aromatic carbocycles. The van der Waals surface area contributed by atoms with Crippen molar-refractivity contribution in [1.29, 1.82) is 0 Å². The van der Waals surface area contributed by atoms with E-state index < -0.39 is 36.9 Å². The Hall–Kier alpha value is -2.36. The number of hydrogen-bond acceptors (Lipinski definition) is 4. The predicted molar refractivity (Wildman–Crippen MR) is 85.7 cm³/mol. The van der Waals surface area contributed by atoms with E-state index in [1.807, 2.05) is 0 Å². The number of nitrogens with one attached hydrogen (secondary N) is 1. The van der Waals surface area contributed by atoms with Crippen LogP contribution >= 0.6 is 15.9 Å². The van der Waals surface area contributed by atoms with E-state index in [0.717, 1.165) is 27.0 Å². The van der Waals surface area contributed by atoms with Gasteiger partial charge in [0.15, 0.2) is 12.3 Å². The first-order chi connectivity index (χ1) is 11.6. The second-order valence-electron chi connectivity index (χ2n) is 5.06. The zero-order valence-corrected chi connectivity index (χ0v) is 14.5. The van der Waals surface area contributed by atoms with E-state index >= 15 is 0 Å². The molecule has 1 amide bonds. The summed E-state index contributed by atoms with van der Waals surface area (Å²) >= 11 is 3.30. The van der Waals surface area contributed by atoms with Crippen molar-refractivity contribution in [3.63, 3.8) is 0 Å². The third-order valence-corrected chi connectivity index (χ3v) is 3.54. The zero-order valence-electron chi connectivity index (χ0n) is 12.9. The van der Waals surface area contributed by atoms with Gasteiger partial charge in [0, 0.05) is 16.4 Å². The molecule has 0 aliphatic carbocycles. The first kappa shape index (κ1) is 19.0. The monoisotopic (exact) mass is 419 g/mol. The molecule has 6 nitrogen and oxygen atoms in total. The Balaban J connectivity index is 1.83. The molecule has 25 heavy (non-hydrogen) atoms. The van der Waals surface area contributed by atoms with E-state index in [0.29, 0.717) is 5.69 Å². The molecular weight excluding hydrogens is 407 g/mol. The molecule has 0 bridgehead atoms. The summed E-state index contributed by atoms with van der Waals surface area (Å²) in [5.74, 6) is -1.44. The SMILES string of the molecule is Cc1cc(Br)ccc1NC(=O)COC(=O)Cn1ccc(C(F)(F)F)n1. The van der Waals surface area contributed by atoms with Crippen molar-refractivity contribution in [2.24, 2.45) is 0 Å². The van der Waals surface area contributed by atoms with Crippen LogP contribution in [0.2, 0.25) is 0 Å². The third-order valence-electron chi connectivity index (χ3n) is 3.05. The highest BCUT2D eigenvalue weighted by atomic mass is 79.9. The van der Waals surface area contributed by atoms with Gasteiger partial charge >= 0.3 is 12.1 Å². The molecule has 0 aliphatic heterocycles. The number of aryl methyl sites for hydroxylation is 1. The molecule has 0 fully saturated rings. The maximum absolute atomic E-state index is 12.4. The number of amides is 1. The van der Waals surface area contributed by atoms with Crippen LogP contribution in [-0.4, -0.2) is 28.3 Å². The molecule has 0 radical (unpaired) electrons. The van der Waals surface area contributed by atoms with Gasteiger partial charge in [-0.15, -0.1) is 0 Å². The molecule has 134 valence electrons. The van der Waals surface area contributed by atoms with Crippen molar-refractivity contribution in [1.82, 2.24) is 9.78 Å². The van der Waals surface area contributed by atoms with Crippen LogP contribution in [-0.2, 0) is 27.0 Å². The number of carbonyl (C=O) groups excluding carboxylic acids is 2. The molecule has 0 saturated heterocycles. The second-order valence-corrected chi connectivity index (χ2v) is 5.98. The Kier molecular flexibility index (Phi) is 5.83. The maximum atomic E-state index is 12.4. The molecule has 0 spiro atoms. The Morgan fingerprint density at radius 1 is 1.32 bits per heavy atom. The van der Waals surface area contributed by atoms with Gasteiger partial charge in [0.2, 0.25) is 0 Å². The molecule has 0 saturated carbocycles. The molecule has 0 atom stereocenters. The fourth-order valence-corrected chi connectivity index (χ4v) is 2.35. The molecule has 2 aromatic rings. The molecular formula is C15H13BrF3N3O3. The van der Waals surface area contributed by atoms with Gasteiger partial charge < -0.3 is 10.1 Å². The summed E-state index contributed by atoms with van der Waals surface area (Å²) in [6.07, 6.45) is -3.58. The van der Waals surface area contributed by atoms with E-state index in [2.05, 4.69) is 26.3 Å². The summed E-state index contributed by atoms with van der Waals surface area (Å²) in [6.45, 7) is 0.713. The highest BCUT2D eigenvalue weighted by molar-refractivity contribution is 9.10. The first-order valence-corrected chi connectivity index (χ1v) is 7.77. The number of carbonyl (C=O) groups is 2.